The van der Waals surface area contributed by atoms with Crippen LogP contribution >= 0.6 is 0 Å². The summed E-state index contributed by atoms with van der Waals surface area (Å²) in [6, 6.07) is 0. The molecule has 0 unspecified atom stereocenters. The summed E-state index contributed by atoms with van der Waals surface area (Å²) in [6.45, 7) is 4.49. The lowest BCUT2D eigenvalue weighted by molar-refractivity contribution is 0.674. The van der Waals surface area contributed by atoms with Crippen molar-refractivity contribution in [3.05, 3.63) is 24.3 Å². The van der Waals surface area contributed by atoms with E-state index in [1.165, 1.54) is 51.4 Å². The molecule has 0 atom stereocenters. The van der Waals surface area contributed by atoms with Crippen molar-refractivity contribution in [1.29, 1.82) is 0 Å². The topological polar surface area (TPSA) is 0 Å². The van der Waals surface area contributed by atoms with Crippen LogP contribution in [0.1, 0.15) is 65.2 Å². The SMILES string of the molecule is CCCCC=CC=CCCCCCC. The predicted molar refractivity (Wildman–Crippen MR) is 66.6 cm³/mol. The molecule has 0 bridgehead atoms. The van der Waals surface area contributed by atoms with E-state index < -0.39 is 0 Å². The molecule has 0 fully saturated rings. The Morgan fingerprint density at radius 3 is 1.79 bits per heavy atom. The molecular formula is C14H26. The standard InChI is InChI=1S/C14H26/c1-3-5-7-9-11-13-14-12-10-8-6-4-2/h9,11,13-14H,3-8,10,12H2,1-2H3. The molecule has 82 valence electrons. The molecule has 14 heavy (non-hydrogen) atoms. The third-order valence-corrected chi connectivity index (χ3v) is 2.33. The largest absolute Gasteiger partial charge is 0.0845 e. The highest BCUT2D eigenvalue weighted by Crippen LogP contribution is 2.03. The Morgan fingerprint density at radius 1 is 0.643 bits per heavy atom. The van der Waals surface area contributed by atoms with E-state index in [9.17, 15) is 0 Å². The second kappa shape index (κ2) is 12.5. The summed E-state index contributed by atoms with van der Waals surface area (Å²) in [5.74, 6) is 0. The second-order valence-electron chi connectivity index (χ2n) is 3.85. The Balaban J connectivity index is 3.14. The van der Waals surface area contributed by atoms with Gasteiger partial charge < -0.3 is 0 Å². The number of allylic oxidation sites excluding steroid dienone is 4. The van der Waals surface area contributed by atoms with Gasteiger partial charge in [0, 0.05) is 0 Å². The molecule has 0 radical (unpaired) electrons. The molecule has 0 aliphatic heterocycles. The number of unbranched alkanes of at least 4 members (excludes halogenated alkanes) is 6. The van der Waals surface area contributed by atoms with Crippen LogP contribution in [0.3, 0.4) is 0 Å². The first-order valence-electron chi connectivity index (χ1n) is 6.23. The molecule has 0 aliphatic rings. The summed E-state index contributed by atoms with van der Waals surface area (Å²) in [5, 5.41) is 0. The molecule has 0 heterocycles. The molecule has 0 N–H and O–H groups in total. The first-order chi connectivity index (χ1) is 6.91. The fourth-order valence-electron chi connectivity index (χ4n) is 1.36. The molecule has 0 saturated heterocycles. The van der Waals surface area contributed by atoms with E-state index in [1.807, 2.05) is 0 Å². The van der Waals surface area contributed by atoms with Crippen molar-refractivity contribution < 1.29 is 0 Å². The van der Waals surface area contributed by atoms with Crippen molar-refractivity contribution >= 4 is 0 Å². The van der Waals surface area contributed by atoms with Crippen molar-refractivity contribution in [3.8, 4) is 0 Å². The smallest absolute Gasteiger partial charge is 0.0348 e. The fraction of sp³-hybridized carbons (Fsp3) is 0.714. The minimum atomic E-state index is 1.23. The average molecular weight is 194 g/mol. The quantitative estimate of drug-likeness (QED) is 0.347. The number of hydrogen-bond acceptors (Lipinski definition) is 0. The maximum absolute atomic E-state index is 2.29. The molecule has 0 aliphatic carbocycles. The normalized spacial score (nSPS) is 11.9. The molecule has 0 aromatic rings. The first-order valence-corrected chi connectivity index (χ1v) is 6.23. The van der Waals surface area contributed by atoms with Gasteiger partial charge in [0.05, 0.1) is 0 Å². The van der Waals surface area contributed by atoms with E-state index in [-0.39, 0.29) is 0 Å². The zero-order valence-corrected chi connectivity index (χ0v) is 9.97. The molecule has 0 nitrogen and oxygen atoms in total. The van der Waals surface area contributed by atoms with Crippen LogP contribution in [-0.2, 0) is 0 Å². The molecule has 0 rings (SSSR count). The Bertz CT molecular complexity index is 142. The summed E-state index contributed by atoms with van der Waals surface area (Å²) in [5.41, 5.74) is 0. The van der Waals surface area contributed by atoms with Gasteiger partial charge in [-0.3, -0.25) is 0 Å². The summed E-state index contributed by atoms with van der Waals surface area (Å²) in [6.07, 6.45) is 19.5. The van der Waals surface area contributed by atoms with Gasteiger partial charge in [-0.25, -0.2) is 0 Å². The van der Waals surface area contributed by atoms with Gasteiger partial charge in [-0.1, -0.05) is 70.3 Å². The van der Waals surface area contributed by atoms with Gasteiger partial charge >= 0.3 is 0 Å². The van der Waals surface area contributed by atoms with Gasteiger partial charge in [-0.15, -0.1) is 0 Å². The average Bonchev–Trinajstić information content (AvgIpc) is 2.21. The highest BCUT2D eigenvalue weighted by molar-refractivity contribution is 5.02. The highest BCUT2D eigenvalue weighted by Gasteiger charge is 1.83. The molecule has 0 amide bonds. The lowest BCUT2D eigenvalue weighted by Crippen LogP contribution is -1.73. The second-order valence-corrected chi connectivity index (χ2v) is 3.85. The van der Waals surface area contributed by atoms with Crippen molar-refractivity contribution in [1.82, 2.24) is 0 Å². The van der Waals surface area contributed by atoms with E-state index >= 15 is 0 Å². The molecule has 0 heteroatoms. The third-order valence-electron chi connectivity index (χ3n) is 2.33. The first kappa shape index (κ1) is 13.5. The van der Waals surface area contributed by atoms with E-state index in [0.29, 0.717) is 0 Å². The lowest BCUT2D eigenvalue weighted by atomic mass is 10.1. The maximum atomic E-state index is 2.29. The van der Waals surface area contributed by atoms with E-state index in [1.54, 1.807) is 0 Å². The van der Waals surface area contributed by atoms with E-state index in [0.717, 1.165) is 0 Å². The van der Waals surface area contributed by atoms with Crippen LogP contribution in [0.2, 0.25) is 0 Å². The zero-order valence-electron chi connectivity index (χ0n) is 9.97. The zero-order chi connectivity index (χ0) is 10.5. The van der Waals surface area contributed by atoms with Gasteiger partial charge in [-0.05, 0) is 19.3 Å². The Labute approximate surface area is 90.1 Å². The van der Waals surface area contributed by atoms with Crippen LogP contribution < -0.4 is 0 Å². The van der Waals surface area contributed by atoms with Crippen molar-refractivity contribution in [2.75, 3.05) is 0 Å². The highest BCUT2D eigenvalue weighted by atomic mass is 13.9. The van der Waals surface area contributed by atoms with Gasteiger partial charge in [-0.2, -0.15) is 0 Å². The fourth-order valence-corrected chi connectivity index (χ4v) is 1.36. The molecule has 0 spiro atoms. The van der Waals surface area contributed by atoms with Crippen LogP contribution in [0.25, 0.3) is 0 Å². The summed E-state index contributed by atoms with van der Waals surface area (Å²) in [7, 11) is 0. The lowest BCUT2D eigenvalue weighted by Gasteiger charge is -1.93. The monoisotopic (exact) mass is 194 g/mol. The molecule has 0 aromatic heterocycles. The third kappa shape index (κ3) is 11.5. The Hall–Kier alpha value is -0.520. The summed E-state index contributed by atoms with van der Waals surface area (Å²) >= 11 is 0. The molecule has 0 saturated carbocycles. The maximum Gasteiger partial charge on any atom is -0.0348 e. The van der Waals surface area contributed by atoms with Crippen LogP contribution in [0.4, 0.5) is 0 Å². The van der Waals surface area contributed by atoms with Gasteiger partial charge in [0.2, 0.25) is 0 Å². The minimum Gasteiger partial charge on any atom is -0.0845 e. The van der Waals surface area contributed by atoms with Crippen LogP contribution in [-0.4, -0.2) is 0 Å². The molecular weight excluding hydrogens is 168 g/mol. The van der Waals surface area contributed by atoms with Crippen molar-refractivity contribution in [2.45, 2.75) is 65.2 Å². The Morgan fingerprint density at radius 2 is 1.21 bits per heavy atom. The van der Waals surface area contributed by atoms with Crippen LogP contribution in [0, 0.1) is 0 Å². The van der Waals surface area contributed by atoms with Crippen LogP contribution in [0.15, 0.2) is 24.3 Å². The Kier molecular flexibility index (Phi) is 12.0. The summed E-state index contributed by atoms with van der Waals surface area (Å²) in [4.78, 5) is 0. The van der Waals surface area contributed by atoms with E-state index in [2.05, 4.69) is 38.2 Å². The predicted octanol–water partition coefficient (Wildman–Crippen LogP) is 5.26. The molecule has 0 aromatic carbocycles. The number of rotatable bonds is 9. The van der Waals surface area contributed by atoms with E-state index in [4.69, 9.17) is 0 Å². The summed E-state index contributed by atoms with van der Waals surface area (Å²) < 4.78 is 0. The van der Waals surface area contributed by atoms with Gasteiger partial charge in [0.1, 0.15) is 0 Å². The van der Waals surface area contributed by atoms with Gasteiger partial charge in [0.25, 0.3) is 0 Å². The van der Waals surface area contributed by atoms with Crippen molar-refractivity contribution in [2.24, 2.45) is 0 Å². The number of hydrogen-bond donors (Lipinski definition) is 0. The van der Waals surface area contributed by atoms with Crippen molar-refractivity contribution in [3.63, 3.8) is 0 Å². The van der Waals surface area contributed by atoms with Crippen LogP contribution in [0.5, 0.6) is 0 Å². The van der Waals surface area contributed by atoms with Gasteiger partial charge in [0.15, 0.2) is 0 Å². The minimum absolute atomic E-state index is 1.23.